The fourth-order valence-electron chi connectivity index (χ4n) is 1.91. The molecule has 0 saturated heterocycles. The molecule has 2 unspecified atom stereocenters. The van der Waals surface area contributed by atoms with Crippen LogP contribution < -0.4 is 5.32 Å². The Balaban J connectivity index is 2.83. The zero-order chi connectivity index (χ0) is 13.7. The molecule has 18 heavy (non-hydrogen) atoms. The van der Waals surface area contributed by atoms with Crippen LogP contribution >= 0.6 is 11.6 Å². The second-order valence-electron chi connectivity index (χ2n) is 4.74. The molecule has 0 aliphatic rings. The number of halogens is 1. The van der Waals surface area contributed by atoms with E-state index >= 15 is 0 Å². The van der Waals surface area contributed by atoms with Crippen molar-refractivity contribution in [1.82, 2.24) is 5.32 Å². The van der Waals surface area contributed by atoms with Gasteiger partial charge in [-0.05, 0) is 30.0 Å². The second kappa shape index (κ2) is 6.76. The van der Waals surface area contributed by atoms with E-state index in [1.165, 1.54) is 0 Å². The van der Waals surface area contributed by atoms with Crippen LogP contribution in [0, 0.1) is 5.92 Å². The Morgan fingerprint density at radius 3 is 2.28 bits per heavy atom. The van der Waals surface area contributed by atoms with E-state index in [-0.39, 0.29) is 12.0 Å². The van der Waals surface area contributed by atoms with Gasteiger partial charge in [-0.2, -0.15) is 0 Å². The van der Waals surface area contributed by atoms with E-state index in [1.54, 1.807) is 0 Å². The molecule has 2 atom stereocenters. The number of rotatable bonds is 6. The molecule has 0 bridgehead atoms. The lowest BCUT2D eigenvalue weighted by Gasteiger charge is -2.25. The van der Waals surface area contributed by atoms with Crippen LogP contribution in [0.2, 0.25) is 5.02 Å². The molecular formula is C14H20ClNO2. The Bertz CT molecular complexity index is 389. The molecule has 100 valence electrons. The van der Waals surface area contributed by atoms with Crippen molar-refractivity contribution < 1.29 is 9.90 Å². The molecule has 2 N–H and O–H groups in total. The Hall–Kier alpha value is -1.06. The lowest BCUT2D eigenvalue weighted by Crippen LogP contribution is -2.42. The molecule has 4 heteroatoms. The number of carboxylic acid groups (broad SMARTS) is 1. The Morgan fingerprint density at radius 1 is 1.33 bits per heavy atom. The molecule has 0 aromatic heterocycles. The van der Waals surface area contributed by atoms with Crippen LogP contribution in [0.25, 0.3) is 0 Å². The molecule has 1 rings (SSSR count). The smallest absolute Gasteiger partial charge is 0.320 e. The van der Waals surface area contributed by atoms with Crippen molar-refractivity contribution in [1.29, 1.82) is 0 Å². The monoisotopic (exact) mass is 269 g/mol. The predicted molar refractivity (Wildman–Crippen MR) is 73.9 cm³/mol. The molecule has 0 radical (unpaired) electrons. The number of benzene rings is 1. The first-order chi connectivity index (χ1) is 8.45. The van der Waals surface area contributed by atoms with Crippen molar-refractivity contribution >= 4 is 17.6 Å². The van der Waals surface area contributed by atoms with Crippen LogP contribution in [0.3, 0.4) is 0 Å². The van der Waals surface area contributed by atoms with Gasteiger partial charge in [0, 0.05) is 11.1 Å². The van der Waals surface area contributed by atoms with Gasteiger partial charge in [0.2, 0.25) is 0 Å². The highest BCUT2D eigenvalue weighted by Gasteiger charge is 2.24. The van der Waals surface area contributed by atoms with E-state index < -0.39 is 12.0 Å². The van der Waals surface area contributed by atoms with E-state index in [0.717, 1.165) is 12.0 Å². The van der Waals surface area contributed by atoms with Crippen molar-refractivity contribution in [3.8, 4) is 0 Å². The lowest BCUT2D eigenvalue weighted by atomic mass is 9.99. The first-order valence-electron chi connectivity index (χ1n) is 6.20. The maximum Gasteiger partial charge on any atom is 0.320 e. The fraction of sp³-hybridized carbons (Fsp3) is 0.500. The van der Waals surface area contributed by atoms with Gasteiger partial charge in [0.1, 0.15) is 6.04 Å². The van der Waals surface area contributed by atoms with Crippen LogP contribution in [-0.4, -0.2) is 17.1 Å². The SMILES string of the molecule is CCC(NC(C(=O)O)C(C)C)c1ccc(Cl)cc1. The molecule has 1 aromatic carbocycles. The molecule has 0 aliphatic heterocycles. The van der Waals surface area contributed by atoms with Crippen LogP contribution in [0.1, 0.15) is 38.8 Å². The minimum atomic E-state index is -0.808. The largest absolute Gasteiger partial charge is 0.480 e. The van der Waals surface area contributed by atoms with Crippen LogP contribution in [0.4, 0.5) is 0 Å². The van der Waals surface area contributed by atoms with Gasteiger partial charge in [-0.25, -0.2) is 0 Å². The van der Waals surface area contributed by atoms with E-state index in [4.69, 9.17) is 11.6 Å². The van der Waals surface area contributed by atoms with Crippen LogP contribution in [0.5, 0.6) is 0 Å². The van der Waals surface area contributed by atoms with E-state index in [0.29, 0.717) is 5.02 Å². The van der Waals surface area contributed by atoms with Crippen molar-refractivity contribution in [3.63, 3.8) is 0 Å². The van der Waals surface area contributed by atoms with E-state index in [2.05, 4.69) is 5.32 Å². The quantitative estimate of drug-likeness (QED) is 0.831. The number of nitrogens with one attached hydrogen (secondary N) is 1. The summed E-state index contributed by atoms with van der Waals surface area (Å²) in [6.07, 6.45) is 0.831. The van der Waals surface area contributed by atoms with Crippen LogP contribution in [-0.2, 0) is 4.79 Å². The van der Waals surface area contributed by atoms with Gasteiger partial charge >= 0.3 is 5.97 Å². The van der Waals surface area contributed by atoms with Crippen molar-refractivity contribution in [3.05, 3.63) is 34.9 Å². The highest BCUT2D eigenvalue weighted by Crippen LogP contribution is 2.21. The molecule has 0 saturated carbocycles. The van der Waals surface area contributed by atoms with E-state index in [1.807, 2.05) is 45.0 Å². The molecule has 0 aliphatic carbocycles. The minimum Gasteiger partial charge on any atom is -0.480 e. The minimum absolute atomic E-state index is 0.0331. The molecule has 0 heterocycles. The third kappa shape index (κ3) is 4.00. The summed E-state index contributed by atoms with van der Waals surface area (Å²) in [5.41, 5.74) is 1.06. The number of hydrogen-bond acceptors (Lipinski definition) is 2. The second-order valence-corrected chi connectivity index (χ2v) is 5.18. The summed E-state index contributed by atoms with van der Waals surface area (Å²) in [6, 6.07) is 7.01. The standard InChI is InChI=1S/C14H20ClNO2/c1-4-12(10-5-7-11(15)8-6-10)16-13(9(2)3)14(17)18/h5-9,12-13,16H,4H2,1-3H3,(H,17,18). The summed E-state index contributed by atoms with van der Waals surface area (Å²) >= 11 is 5.85. The van der Waals surface area contributed by atoms with Gasteiger partial charge in [-0.3, -0.25) is 10.1 Å². The molecular weight excluding hydrogens is 250 g/mol. The van der Waals surface area contributed by atoms with Crippen LogP contribution in [0.15, 0.2) is 24.3 Å². The Kier molecular flexibility index (Phi) is 5.63. The molecule has 1 aromatic rings. The first kappa shape index (κ1) is 15.0. The summed E-state index contributed by atoms with van der Waals surface area (Å²) < 4.78 is 0. The third-order valence-electron chi connectivity index (χ3n) is 2.99. The Labute approximate surface area is 113 Å². The molecule has 0 amide bonds. The highest BCUT2D eigenvalue weighted by atomic mass is 35.5. The van der Waals surface area contributed by atoms with Gasteiger partial charge < -0.3 is 5.11 Å². The van der Waals surface area contributed by atoms with Crippen molar-refractivity contribution in [2.75, 3.05) is 0 Å². The fourth-order valence-corrected chi connectivity index (χ4v) is 2.04. The Morgan fingerprint density at radius 2 is 1.89 bits per heavy atom. The van der Waals surface area contributed by atoms with Gasteiger partial charge in [0.15, 0.2) is 0 Å². The summed E-state index contributed by atoms with van der Waals surface area (Å²) in [6.45, 7) is 5.84. The van der Waals surface area contributed by atoms with Crippen molar-refractivity contribution in [2.24, 2.45) is 5.92 Å². The van der Waals surface area contributed by atoms with Gasteiger partial charge in [-0.15, -0.1) is 0 Å². The third-order valence-corrected chi connectivity index (χ3v) is 3.25. The van der Waals surface area contributed by atoms with E-state index in [9.17, 15) is 9.90 Å². The van der Waals surface area contributed by atoms with Crippen molar-refractivity contribution in [2.45, 2.75) is 39.3 Å². The van der Waals surface area contributed by atoms with Gasteiger partial charge in [-0.1, -0.05) is 44.5 Å². The number of carboxylic acids is 1. The number of hydrogen-bond donors (Lipinski definition) is 2. The molecule has 0 fully saturated rings. The van der Waals surface area contributed by atoms with Gasteiger partial charge in [0.05, 0.1) is 0 Å². The maximum atomic E-state index is 11.2. The first-order valence-corrected chi connectivity index (χ1v) is 6.57. The summed E-state index contributed by atoms with van der Waals surface area (Å²) in [5, 5.41) is 13.1. The highest BCUT2D eigenvalue weighted by molar-refractivity contribution is 6.30. The number of aliphatic carboxylic acids is 1. The molecule has 3 nitrogen and oxygen atoms in total. The summed E-state index contributed by atoms with van der Waals surface area (Å²) in [7, 11) is 0. The maximum absolute atomic E-state index is 11.2. The number of carbonyl (C=O) groups is 1. The topological polar surface area (TPSA) is 49.3 Å². The summed E-state index contributed by atoms with van der Waals surface area (Å²) in [4.78, 5) is 11.2. The average molecular weight is 270 g/mol. The van der Waals surface area contributed by atoms with Gasteiger partial charge in [0.25, 0.3) is 0 Å². The lowest BCUT2D eigenvalue weighted by molar-refractivity contribution is -0.140. The summed E-state index contributed by atoms with van der Waals surface area (Å²) in [5.74, 6) is -0.763. The predicted octanol–water partition coefficient (Wildman–Crippen LogP) is 3.49. The zero-order valence-corrected chi connectivity index (χ0v) is 11.7. The zero-order valence-electron chi connectivity index (χ0n) is 11.0. The normalized spacial score (nSPS) is 14.5. The average Bonchev–Trinajstić information content (AvgIpc) is 2.31. The molecule has 0 spiro atoms.